The Morgan fingerprint density at radius 1 is 1.19 bits per heavy atom. The summed E-state index contributed by atoms with van der Waals surface area (Å²) in [5, 5.41) is 11.3. The maximum absolute atomic E-state index is 13.0. The second-order valence-electron chi connectivity index (χ2n) is 10.3. The molecule has 0 saturated carbocycles. The molecule has 0 saturated heterocycles. The average Bonchev–Trinajstić information content (AvgIpc) is 3.46. The lowest BCUT2D eigenvalue weighted by atomic mass is 9.87. The van der Waals surface area contributed by atoms with Crippen LogP contribution in [-0.2, 0) is 18.9 Å². The van der Waals surface area contributed by atoms with Crippen molar-refractivity contribution < 1.29 is 9.32 Å². The third kappa shape index (κ3) is 5.17. The summed E-state index contributed by atoms with van der Waals surface area (Å²) >= 11 is 0. The van der Waals surface area contributed by atoms with Crippen LogP contribution in [0.25, 0.3) is 11.4 Å². The van der Waals surface area contributed by atoms with Gasteiger partial charge in [-0.2, -0.15) is 15.1 Å². The molecule has 4 aromatic rings. The Labute approximate surface area is 209 Å². The van der Waals surface area contributed by atoms with E-state index in [2.05, 4.69) is 47.6 Å². The van der Waals surface area contributed by atoms with Gasteiger partial charge in [0.2, 0.25) is 11.7 Å². The van der Waals surface area contributed by atoms with Gasteiger partial charge in [-0.3, -0.25) is 9.48 Å². The van der Waals surface area contributed by atoms with E-state index in [4.69, 9.17) is 4.52 Å². The van der Waals surface area contributed by atoms with E-state index in [0.717, 1.165) is 36.9 Å². The molecule has 0 aliphatic heterocycles. The summed E-state index contributed by atoms with van der Waals surface area (Å²) in [6.45, 7) is 5.99. The third-order valence-corrected chi connectivity index (χ3v) is 6.39. The van der Waals surface area contributed by atoms with Crippen LogP contribution < -0.4 is 5.32 Å². The molecule has 1 atom stereocenters. The number of fused-ring (bicyclic) bond motifs is 1. The number of Topliss-reactive ketones (excluding diaryl/α,β-unsaturated/α-hetero) is 1. The SMILES string of the molecule is Cn1cc(Nc2ncnc(-c3ccc4c(c3)CCCC[C@H]4CC(=O)c3nc(C(C)(C)C)no3)n2)cn1. The maximum atomic E-state index is 13.0. The van der Waals surface area contributed by atoms with Crippen LogP contribution in [0.5, 0.6) is 0 Å². The number of anilines is 2. The number of aryl methyl sites for hydroxylation is 2. The number of ketones is 1. The summed E-state index contributed by atoms with van der Waals surface area (Å²) in [6, 6.07) is 6.28. The van der Waals surface area contributed by atoms with Crippen molar-refractivity contribution in [1.29, 1.82) is 0 Å². The number of aromatic nitrogens is 7. The molecule has 1 N–H and O–H groups in total. The number of rotatable bonds is 6. The molecule has 0 amide bonds. The fraction of sp³-hybridized carbons (Fsp3) is 0.423. The molecule has 0 unspecified atom stereocenters. The van der Waals surface area contributed by atoms with Crippen molar-refractivity contribution in [2.45, 2.75) is 64.2 Å². The van der Waals surface area contributed by atoms with E-state index in [-0.39, 0.29) is 23.0 Å². The first-order valence-corrected chi connectivity index (χ1v) is 12.2. The highest BCUT2D eigenvalue weighted by Gasteiger charge is 2.27. The van der Waals surface area contributed by atoms with Crippen molar-refractivity contribution in [1.82, 2.24) is 34.9 Å². The van der Waals surface area contributed by atoms with Gasteiger partial charge in [0.25, 0.3) is 5.89 Å². The zero-order valence-corrected chi connectivity index (χ0v) is 21.0. The van der Waals surface area contributed by atoms with Crippen molar-refractivity contribution in [3.63, 3.8) is 0 Å². The zero-order chi connectivity index (χ0) is 25.3. The van der Waals surface area contributed by atoms with Crippen molar-refractivity contribution >= 4 is 17.4 Å². The molecular formula is C26H30N8O2. The Morgan fingerprint density at radius 2 is 2.06 bits per heavy atom. The smallest absolute Gasteiger partial charge is 0.294 e. The molecule has 1 aliphatic carbocycles. The molecule has 0 fully saturated rings. The number of carbonyl (C=O) groups is 1. The number of benzene rings is 1. The van der Waals surface area contributed by atoms with E-state index in [9.17, 15) is 4.79 Å². The first-order valence-electron chi connectivity index (χ1n) is 12.2. The molecule has 0 bridgehead atoms. The largest absolute Gasteiger partial charge is 0.331 e. The first-order chi connectivity index (χ1) is 17.3. The fourth-order valence-corrected chi connectivity index (χ4v) is 4.50. The van der Waals surface area contributed by atoms with Crippen LogP contribution in [0.15, 0.2) is 41.4 Å². The van der Waals surface area contributed by atoms with Crippen LogP contribution in [0, 0.1) is 0 Å². The minimum atomic E-state index is -0.268. The molecule has 3 heterocycles. The second kappa shape index (κ2) is 9.60. The Morgan fingerprint density at radius 3 is 2.81 bits per heavy atom. The molecule has 10 nitrogen and oxygen atoms in total. The lowest BCUT2D eigenvalue weighted by Gasteiger charge is -2.17. The number of nitrogens with zero attached hydrogens (tertiary/aromatic N) is 7. The zero-order valence-electron chi connectivity index (χ0n) is 21.0. The minimum Gasteiger partial charge on any atom is -0.331 e. The normalized spacial score (nSPS) is 15.8. The van der Waals surface area contributed by atoms with Gasteiger partial charge in [-0.15, -0.1) is 0 Å². The van der Waals surface area contributed by atoms with Gasteiger partial charge in [0.1, 0.15) is 6.33 Å². The van der Waals surface area contributed by atoms with Crippen molar-refractivity contribution in [3.8, 4) is 11.4 Å². The monoisotopic (exact) mass is 486 g/mol. The minimum absolute atomic E-state index is 0.0983. The Bertz CT molecular complexity index is 1380. The average molecular weight is 487 g/mol. The summed E-state index contributed by atoms with van der Waals surface area (Å²) in [6.07, 6.45) is 9.45. The van der Waals surface area contributed by atoms with Crippen molar-refractivity contribution in [3.05, 3.63) is 59.8 Å². The predicted molar refractivity (Wildman–Crippen MR) is 134 cm³/mol. The molecule has 5 rings (SSSR count). The van der Waals surface area contributed by atoms with Crippen LogP contribution in [0.1, 0.15) is 80.0 Å². The summed E-state index contributed by atoms with van der Waals surface area (Å²) in [4.78, 5) is 30.6. The molecule has 0 radical (unpaired) electrons. The number of hydrogen-bond acceptors (Lipinski definition) is 9. The summed E-state index contributed by atoms with van der Waals surface area (Å²) in [5.74, 6) is 1.70. The van der Waals surface area contributed by atoms with Crippen molar-refractivity contribution in [2.24, 2.45) is 7.05 Å². The first kappa shape index (κ1) is 23.8. The van der Waals surface area contributed by atoms with Gasteiger partial charge in [0.15, 0.2) is 11.6 Å². The summed E-state index contributed by atoms with van der Waals surface area (Å²) in [5.41, 5.74) is 3.88. The second-order valence-corrected chi connectivity index (χ2v) is 10.3. The summed E-state index contributed by atoms with van der Waals surface area (Å²) < 4.78 is 7.01. The van der Waals surface area contributed by atoms with E-state index >= 15 is 0 Å². The van der Waals surface area contributed by atoms with Gasteiger partial charge in [0, 0.05) is 30.6 Å². The highest BCUT2D eigenvalue weighted by atomic mass is 16.5. The molecular weight excluding hydrogens is 456 g/mol. The van der Waals surface area contributed by atoms with E-state index in [1.54, 1.807) is 10.9 Å². The molecule has 36 heavy (non-hydrogen) atoms. The lowest BCUT2D eigenvalue weighted by molar-refractivity contribution is 0.0929. The van der Waals surface area contributed by atoms with E-state index in [1.165, 1.54) is 17.5 Å². The quantitative estimate of drug-likeness (QED) is 0.303. The van der Waals surface area contributed by atoms with Crippen LogP contribution in [0.4, 0.5) is 11.6 Å². The molecule has 186 valence electrons. The van der Waals surface area contributed by atoms with Gasteiger partial charge < -0.3 is 9.84 Å². The molecule has 1 aliphatic rings. The van der Waals surface area contributed by atoms with E-state index in [1.807, 2.05) is 40.1 Å². The fourth-order valence-electron chi connectivity index (χ4n) is 4.50. The molecule has 3 aromatic heterocycles. The standard InChI is InChI=1S/C26H30N8O2/c1-26(2,3)24-32-23(36-33-24)21(35)12-17-8-6-5-7-16-11-18(9-10-20(16)17)22-27-15-28-25(31-22)30-19-13-29-34(4)14-19/h9-11,13-15,17H,5-8,12H2,1-4H3,(H,27,28,30,31)/t17-/m0/s1. The van der Waals surface area contributed by atoms with Gasteiger partial charge >= 0.3 is 0 Å². The van der Waals surface area contributed by atoms with Gasteiger partial charge in [-0.25, -0.2) is 9.97 Å². The number of carbonyl (C=O) groups excluding carboxylic acids is 1. The maximum Gasteiger partial charge on any atom is 0.294 e. The summed E-state index contributed by atoms with van der Waals surface area (Å²) in [7, 11) is 1.85. The molecule has 1 aromatic carbocycles. The highest BCUT2D eigenvalue weighted by molar-refractivity contribution is 5.92. The molecule has 0 spiro atoms. The number of hydrogen-bond donors (Lipinski definition) is 1. The Hall–Kier alpha value is -3.95. The Balaban J connectivity index is 1.36. The topological polar surface area (TPSA) is 125 Å². The predicted octanol–water partition coefficient (Wildman–Crippen LogP) is 4.78. The van der Waals surface area contributed by atoms with Crippen molar-refractivity contribution in [2.75, 3.05) is 5.32 Å². The number of nitrogens with one attached hydrogen (secondary N) is 1. The van der Waals surface area contributed by atoms with Gasteiger partial charge in [0.05, 0.1) is 11.9 Å². The van der Waals surface area contributed by atoms with Gasteiger partial charge in [-0.1, -0.05) is 44.5 Å². The third-order valence-electron chi connectivity index (χ3n) is 6.39. The van der Waals surface area contributed by atoms with Gasteiger partial charge in [-0.05, 0) is 42.4 Å². The Kier molecular flexibility index (Phi) is 6.34. The van der Waals surface area contributed by atoms with Crippen LogP contribution >= 0.6 is 0 Å². The van der Waals surface area contributed by atoms with Crippen LogP contribution in [-0.4, -0.2) is 40.7 Å². The van der Waals surface area contributed by atoms with Crippen LogP contribution in [0.2, 0.25) is 0 Å². The van der Waals surface area contributed by atoms with Crippen LogP contribution in [0.3, 0.4) is 0 Å². The highest BCUT2D eigenvalue weighted by Crippen LogP contribution is 2.35. The van der Waals surface area contributed by atoms with E-state index < -0.39 is 0 Å². The van der Waals surface area contributed by atoms with E-state index in [0.29, 0.717) is 24.0 Å². The molecule has 10 heteroatoms. The lowest BCUT2D eigenvalue weighted by Crippen LogP contribution is -2.14.